The van der Waals surface area contributed by atoms with Crippen molar-refractivity contribution in [1.29, 1.82) is 0 Å². The van der Waals surface area contributed by atoms with Gasteiger partial charge in [0.1, 0.15) is 17.7 Å². The third kappa shape index (κ3) is 4.95. The number of carbonyl (C=O) groups excluding carboxylic acids is 1. The van der Waals surface area contributed by atoms with Crippen LogP contribution in [0, 0.1) is 5.92 Å². The smallest absolute Gasteiger partial charge is 0.302 e. The minimum Gasteiger partial charge on any atom is -0.463 e. The van der Waals surface area contributed by atoms with Crippen molar-refractivity contribution in [2.75, 3.05) is 6.61 Å². The molecule has 1 saturated heterocycles. The number of carbonyl (C=O) groups is 1. The van der Waals surface area contributed by atoms with Gasteiger partial charge in [-0.2, -0.15) is 0 Å². The van der Waals surface area contributed by atoms with Gasteiger partial charge >= 0.3 is 5.97 Å². The van der Waals surface area contributed by atoms with Gasteiger partial charge in [-0.25, -0.2) is 0 Å². The number of benzene rings is 1. The van der Waals surface area contributed by atoms with E-state index in [1.807, 2.05) is 37.3 Å². The van der Waals surface area contributed by atoms with Crippen molar-refractivity contribution in [3.63, 3.8) is 0 Å². The Bertz CT molecular complexity index is 594. The van der Waals surface area contributed by atoms with Crippen LogP contribution in [0.2, 0.25) is 0 Å². The lowest BCUT2D eigenvalue weighted by atomic mass is 9.90. The molecule has 1 aliphatic heterocycles. The first-order valence-electron chi connectivity index (χ1n) is 7.65. The van der Waals surface area contributed by atoms with Gasteiger partial charge in [0.2, 0.25) is 0 Å². The molecule has 7 nitrogen and oxygen atoms in total. The Morgan fingerprint density at radius 2 is 2.12 bits per heavy atom. The van der Waals surface area contributed by atoms with Crippen molar-refractivity contribution >= 4 is 21.9 Å². The second kappa shape index (κ2) is 9.03. The van der Waals surface area contributed by atoms with Gasteiger partial charge in [0, 0.05) is 17.8 Å². The summed E-state index contributed by atoms with van der Waals surface area (Å²) in [4.78, 5) is 13.9. The Morgan fingerprint density at radius 3 is 2.75 bits per heavy atom. The van der Waals surface area contributed by atoms with Crippen LogP contribution in [0.1, 0.15) is 19.4 Å². The van der Waals surface area contributed by atoms with E-state index in [9.17, 15) is 4.79 Å². The van der Waals surface area contributed by atoms with E-state index < -0.39 is 11.1 Å². The topological polar surface area (TPSA) is 93.5 Å². The van der Waals surface area contributed by atoms with E-state index >= 15 is 0 Å². The largest absolute Gasteiger partial charge is 0.463 e. The van der Waals surface area contributed by atoms with Crippen molar-refractivity contribution in [3.05, 3.63) is 46.3 Å². The second-order valence-corrected chi connectivity index (χ2v) is 6.55. The Labute approximate surface area is 149 Å². The molecule has 1 aromatic rings. The van der Waals surface area contributed by atoms with E-state index in [2.05, 4.69) is 26.0 Å². The van der Waals surface area contributed by atoms with Crippen LogP contribution >= 0.6 is 15.9 Å². The van der Waals surface area contributed by atoms with Crippen molar-refractivity contribution in [1.82, 2.24) is 0 Å². The number of ether oxygens (including phenoxy) is 3. The van der Waals surface area contributed by atoms with Gasteiger partial charge in [-0.3, -0.25) is 4.79 Å². The van der Waals surface area contributed by atoms with Crippen LogP contribution in [0.5, 0.6) is 0 Å². The highest BCUT2D eigenvalue weighted by molar-refractivity contribution is 9.09. The number of azide groups is 1. The molecule has 0 spiro atoms. The molecule has 0 N–H and O–H groups in total. The summed E-state index contributed by atoms with van der Waals surface area (Å²) in [6.07, 6.45) is -0.705. The fourth-order valence-electron chi connectivity index (χ4n) is 2.63. The Morgan fingerprint density at radius 1 is 1.42 bits per heavy atom. The zero-order chi connectivity index (χ0) is 17.5. The number of esters is 1. The number of alkyl halides is 1. The van der Waals surface area contributed by atoms with Gasteiger partial charge in [0.15, 0.2) is 0 Å². The third-order valence-electron chi connectivity index (χ3n) is 3.94. The molecule has 8 heteroatoms. The average Bonchev–Trinajstić information content (AvgIpc) is 2.57. The summed E-state index contributed by atoms with van der Waals surface area (Å²) in [6, 6.07) is 9.24. The number of hydrogen-bond donors (Lipinski definition) is 0. The van der Waals surface area contributed by atoms with Crippen molar-refractivity contribution in [3.8, 4) is 0 Å². The molecule has 1 aromatic carbocycles. The number of hydrogen-bond acceptors (Lipinski definition) is 5. The standard InChI is InChI=1S/C16H20BrN3O4/c1-10-13(9-22-11(2)21)24-16(17)14(19-20-18)15(10)23-8-12-6-4-3-5-7-12/h3-7,10,13-16H,8-9H2,1-2H3/t10-,13?,14?,15?,16+/m1/s1. The summed E-state index contributed by atoms with van der Waals surface area (Å²) in [5.74, 6) is -0.479. The molecule has 1 heterocycles. The van der Waals surface area contributed by atoms with E-state index in [0.29, 0.717) is 6.61 Å². The van der Waals surface area contributed by atoms with Crippen LogP contribution < -0.4 is 0 Å². The monoisotopic (exact) mass is 397 g/mol. The summed E-state index contributed by atoms with van der Waals surface area (Å²) in [5, 5.41) is 3.31. The predicted molar refractivity (Wildman–Crippen MR) is 91.3 cm³/mol. The lowest BCUT2D eigenvalue weighted by molar-refractivity contribution is -0.166. The quantitative estimate of drug-likeness (QED) is 0.241. The van der Waals surface area contributed by atoms with Crippen molar-refractivity contribution < 1.29 is 19.0 Å². The highest BCUT2D eigenvalue weighted by Gasteiger charge is 2.43. The maximum Gasteiger partial charge on any atom is 0.302 e. The zero-order valence-electron chi connectivity index (χ0n) is 13.5. The maximum atomic E-state index is 11.0. The van der Waals surface area contributed by atoms with Gasteiger partial charge in [-0.15, -0.1) is 0 Å². The van der Waals surface area contributed by atoms with Crippen LogP contribution in [-0.2, 0) is 25.6 Å². The third-order valence-corrected chi connectivity index (χ3v) is 4.69. The molecule has 0 bridgehead atoms. The summed E-state index contributed by atoms with van der Waals surface area (Å²) < 4.78 is 16.9. The van der Waals surface area contributed by atoms with Crippen LogP contribution in [0.3, 0.4) is 0 Å². The molecule has 3 unspecified atom stereocenters. The second-order valence-electron chi connectivity index (χ2n) is 5.64. The molecule has 0 amide bonds. The van der Waals surface area contributed by atoms with E-state index in [1.165, 1.54) is 6.92 Å². The first-order chi connectivity index (χ1) is 11.5. The highest BCUT2D eigenvalue weighted by Crippen LogP contribution is 2.33. The molecule has 0 saturated carbocycles. The SMILES string of the molecule is CC(=O)OCC1O[C@H](Br)C(N=[N+]=[N-])C(OCc2ccccc2)[C@@H]1C. The summed E-state index contributed by atoms with van der Waals surface area (Å²) in [5.41, 5.74) is 9.85. The van der Waals surface area contributed by atoms with Gasteiger partial charge in [0.05, 0.1) is 18.8 Å². The van der Waals surface area contributed by atoms with Gasteiger partial charge in [-0.05, 0) is 11.1 Å². The minimum atomic E-state index is -0.512. The maximum absolute atomic E-state index is 11.0. The molecule has 0 aromatic heterocycles. The highest BCUT2D eigenvalue weighted by atomic mass is 79.9. The Kier molecular flexibility index (Phi) is 7.05. The molecular weight excluding hydrogens is 378 g/mol. The molecule has 0 aliphatic carbocycles. The zero-order valence-corrected chi connectivity index (χ0v) is 15.1. The van der Waals surface area contributed by atoms with E-state index in [0.717, 1.165) is 5.56 Å². The fourth-order valence-corrected chi connectivity index (χ4v) is 3.31. The van der Waals surface area contributed by atoms with Gasteiger partial charge < -0.3 is 14.2 Å². The van der Waals surface area contributed by atoms with Crippen LogP contribution in [0.4, 0.5) is 0 Å². The molecular formula is C16H20BrN3O4. The molecule has 0 radical (unpaired) electrons. The van der Waals surface area contributed by atoms with Crippen molar-refractivity contribution in [2.45, 2.75) is 43.7 Å². The van der Waals surface area contributed by atoms with E-state index in [4.69, 9.17) is 19.7 Å². The predicted octanol–water partition coefficient (Wildman–Crippen LogP) is 3.57. The normalized spacial score (nSPS) is 29.5. The van der Waals surface area contributed by atoms with Gasteiger partial charge in [0.25, 0.3) is 0 Å². The fraction of sp³-hybridized carbons (Fsp3) is 0.562. The molecule has 2 rings (SSSR count). The summed E-state index contributed by atoms with van der Waals surface area (Å²) in [6.45, 7) is 3.81. The molecule has 130 valence electrons. The summed E-state index contributed by atoms with van der Waals surface area (Å²) >= 11 is 3.39. The lowest BCUT2D eigenvalue weighted by Crippen LogP contribution is -2.53. The molecule has 1 fully saturated rings. The lowest BCUT2D eigenvalue weighted by Gasteiger charge is -2.42. The first kappa shape index (κ1) is 18.7. The summed E-state index contributed by atoms with van der Waals surface area (Å²) in [7, 11) is 0. The average molecular weight is 398 g/mol. The molecule has 1 aliphatic rings. The Balaban J connectivity index is 2.10. The minimum absolute atomic E-state index is 0.114. The van der Waals surface area contributed by atoms with Crippen LogP contribution in [0.15, 0.2) is 35.4 Å². The molecule has 5 atom stereocenters. The number of rotatable bonds is 6. The van der Waals surface area contributed by atoms with Crippen molar-refractivity contribution in [2.24, 2.45) is 11.0 Å². The first-order valence-corrected chi connectivity index (χ1v) is 8.57. The number of halogens is 1. The molecule has 24 heavy (non-hydrogen) atoms. The van der Waals surface area contributed by atoms with E-state index in [-0.39, 0.29) is 30.7 Å². The Hall–Kier alpha value is -1.60. The van der Waals surface area contributed by atoms with Crippen LogP contribution in [0.25, 0.3) is 10.4 Å². The van der Waals surface area contributed by atoms with Gasteiger partial charge in [-0.1, -0.05) is 58.3 Å². The number of nitrogens with zero attached hydrogens (tertiary/aromatic N) is 3. The van der Waals surface area contributed by atoms with E-state index in [1.54, 1.807) is 0 Å². The van der Waals surface area contributed by atoms with Crippen LogP contribution in [-0.4, -0.2) is 35.8 Å².